The van der Waals surface area contributed by atoms with E-state index in [1.165, 1.54) is 13.2 Å². The molecule has 0 bridgehead atoms. The molecular weight excluding hydrogens is 366 g/mol. The number of ether oxygens (including phenoxy) is 4. The van der Waals surface area contributed by atoms with Crippen LogP contribution < -0.4 is 10.1 Å². The predicted octanol–water partition coefficient (Wildman–Crippen LogP) is 1.67. The topological polar surface area (TPSA) is 99.4 Å². The number of fused-ring (bicyclic) bond motifs is 1. The number of rotatable bonds is 4. The normalized spacial score (nSPS) is 32.4. The molecule has 2 aliphatic rings. The zero-order valence-corrected chi connectivity index (χ0v) is 15.6. The highest BCUT2D eigenvalue weighted by atomic mass is 16.8. The first-order valence-corrected chi connectivity index (χ1v) is 9.15. The van der Waals surface area contributed by atoms with Crippen LogP contribution in [0.1, 0.15) is 24.5 Å². The molecule has 1 aromatic heterocycles. The summed E-state index contributed by atoms with van der Waals surface area (Å²) < 4.78 is 28.8. The largest absolute Gasteiger partial charge is 0.464 e. The number of aliphatic hydroxyl groups excluding tert-OH is 1. The molecule has 3 heterocycles. The van der Waals surface area contributed by atoms with Gasteiger partial charge in [0, 0.05) is 6.92 Å². The first-order valence-electron chi connectivity index (χ1n) is 9.15. The molecule has 1 aromatic carbocycles. The summed E-state index contributed by atoms with van der Waals surface area (Å²) in [6.07, 6.45) is -2.44. The third-order valence-electron chi connectivity index (χ3n) is 4.75. The third kappa shape index (κ3) is 3.90. The molecule has 150 valence electrons. The predicted molar refractivity (Wildman–Crippen MR) is 96.4 cm³/mol. The van der Waals surface area contributed by atoms with E-state index in [1.54, 1.807) is 18.2 Å². The van der Waals surface area contributed by atoms with Gasteiger partial charge in [-0.15, -0.1) is 0 Å². The monoisotopic (exact) mass is 389 g/mol. The van der Waals surface area contributed by atoms with Crippen LogP contribution in [0.15, 0.2) is 47.1 Å². The summed E-state index contributed by atoms with van der Waals surface area (Å²) in [5.41, 5.74) is 1.02. The van der Waals surface area contributed by atoms with Crippen molar-refractivity contribution in [1.29, 1.82) is 0 Å². The van der Waals surface area contributed by atoms with Gasteiger partial charge in [0.25, 0.3) is 0 Å². The molecule has 1 amide bonds. The second kappa shape index (κ2) is 7.92. The molecule has 2 saturated heterocycles. The quantitative estimate of drug-likeness (QED) is 0.821. The molecule has 2 N–H and O–H groups in total. The minimum atomic E-state index is -1.06. The van der Waals surface area contributed by atoms with Crippen molar-refractivity contribution in [3.05, 3.63) is 54.0 Å². The molecule has 8 heteroatoms. The van der Waals surface area contributed by atoms with Crippen LogP contribution in [0.2, 0.25) is 0 Å². The fourth-order valence-corrected chi connectivity index (χ4v) is 3.47. The van der Waals surface area contributed by atoms with Gasteiger partial charge < -0.3 is 33.8 Å². The average molecular weight is 389 g/mol. The van der Waals surface area contributed by atoms with Crippen molar-refractivity contribution in [2.24, 2.45) is 0 Å². The average Bonchev–Trinajstić information content (AvgIpc) is 3.19. The van der Waals surface area contributed by atoms with Crippen molar-refractivity contribution in [2.45, 2.75) is 50.8 Å². The van der Waals surface area contributed by atoms with Gasteiger partial charge >= 0.3 is 0 Å². The van der Waals surface area contributed by atoms with Crippen molar-refractivity contribution in [1.82, 2.24) is 5.32 Å². The zero-order valence-electron chi connectivity index (χ0n) is 15.6. The van der Waals surface area contributed by atoms with Gasteiger partial charge in [-0.1, -0.05) is 12.1 Å². The van der Waals surface area contributed by atoms with Crippen LogP contribution in [-0.4, -0.2) is 48.3 Å². The van der Waals surface area contributed by atoms with Gasteiger partial charge in [-0.3, -0.25) is 4.79 Å². The first-order chi connectivity index (χ1) is 13.5. The maximum absolute atomic E-state index is 11.7. The minimum Gasteiger partial charge on any atom is -0.464 e. The van der Waals surface area contributed by atoms with Crippen molar-refractivity contribution < 1.29 is 33.3 Å². The molecule has 6 atom stereocenters. The van der Waals surface area contributed by atoms with Gasteiger partial charge in [-0.2, -0.15) is 0 Å². The number of hydrogen-bond donors (Lipinski definition) is 2. The van der Waals surface area contributed by atoms with Crippen LogP contribution in [0.3, 0.4) is 0 Å². The summed E-state index contributed by atoms with van der Waals surface area (Å²) in [5.74, 6) is 0.774. The highest BCUT2D eigenvalue weighted by Crippen LogP contribution is 2.35. The second-order valence-electron chi connectivity index (χ2n) is 6.98. The van der Waals surface area contributed by atoms with Gasteiger partial charge in [0.15, 0.2) is 5.76 Å². The molecule has 2 aromatic rings. The number of aryl methyl sites for hydroxylation is 1. The molecule has 0 saturated carbocycles. The number of amides is 1. The SMILES string of the molecule is CC(=O)N[C@@H]1[C@H](Oc2cccc(C)c2)O[C@@H]2CO[C@H](c3ccco3)O[C@H]2[C@@H]1O. The molecule has 2 aliphatic heterocycles. The van der Waals surface area contributed by atoms with E-state index in [-0.39, 0.29) is 12.5 Å². The van der Waals surface area contributed by atoms with Gasteiger partial charge in [0.05, 0.1) is 12.9 Å². The fraction of sp³-hybridized carbons (Fsp3) is 0.450. The number of nitrogens with one attached hydrogen (secondary N) is 1. The van der Waals surface area contributed by atoms with Crippen LogP contribution in [0.5, 0.6) is 5.75 Å². The Kier molecular flexibility index (Phi) is 5.36. The number of benzene rings is 1. The van der Waals surface area contributed by atoms with Crippen molar-refractivity contribution in [3.8, 4) is 5.75 Å². The van der Waals surface area contributed by atoms with Crippen LogP contribution in [0.25, 0.3) is 0 Å². The Labute approximate surface area is 162 Å². The molecule has 8 nitrogen and oxygen atoms in total. The summed E-state index contributed by atoms with van der Waals surface area (Å²) in [6, 6.07) is 10.1. The van der Waals surface area contributed by atoms with E-state index in [0.717, 1.165) is 5.56 Å². The molecule has 0 aliphatic carbocycles. The lowest BCUT2D eigenvalue weighted by molar-refractivity contribution is -0.336. The van der Waals surface area contributed by atoms with E-state index in [2.05, 4.69) is 5.32 Å². The summed E-state index contributed by atoms with van der Waals surface area (Å²) >= 11 is 0. The lowest BCUT2D eigenvalue weighted by atomic mass is 9.96. The van der Waals surface area contributed by atoms with Gasteiger partial charge in [0.2, 0.25) is 18.5 Å². The Balaban J connectivity index is 1.54. The molecular formula is C20H23NO7. The summed E-state index contributed by atoms with van der Waals surface area (Å²) in [5, 5.41) is 13.7. The standard InChI is InChI=1S/C20H23NO7/c1-11-5-3-6-13(9-11)26-20-16(21-12(2)22)17(23)18-15(27-20)10-25-19(28-18)14-7-4-8-24-14/h3-9,15-20,23H,10H2,1-2H3,(H,21,22)/t15-,16+,17-,18-,19+,20-/m1/s1. The van der Waals surface area contributed by atoms with Crippen molar-refractivity contribution in [3.63, 3.8) is 0 Å². The summed E-state index contributed by atoms with van der Waals surface area (Å²) in [4.78, 5) is 11.7. The summed E-state index contributed by atoms with van der Waals surface area (Å²) in [6.45, 7) is 3.51. The zero-order chi connectivity index (χ0) is 19.7. The van der Waals surface area contributed by atoms with E-state index in [4.69, 9.17) is 23.4 Å². The number of carbonyl (C=O) groups excluding carboxylic acids is 1. The molecule has 0 radical (unpaired) electrons. The molecule has 0 unspecified atom stereocenters. The minimum absolute atomic E-state index is 0.188. The van der Waals surface area contributed by atoms with E-state index in [0.29, 0.717) is 11.5 Å². The second-order valence-corrected chi connectivity index (χ2v) is 6.98. The number of furan rings is 1. The Morgan fingerprint density at radius 1 is 1.25 bits per heavy atom. The third-order valence-corrected chi connectivity index (χ3v) is 4.75. The maximum Gasteiger partial charge on any atom is 0.223 e. The van der Waals surface area contributed by atoms with Gasteiger partial charge in [0.1, 0.15) is 30.1 Å². The van der Waals surface area contributed by atoms with Gasteiger partial charge in [-0.25, -0.2) is 0 Å². The van der Waals surface area contributed by atoms with E-state index in [9.17, 15) is 9.90 Å². The van der Waals surface area contributed by atoms with Crippen LogP contribution in [0, 0.1) is 6.92 Å². The van der Waals surface area contributed by atoms with E-state index in [1.807, 2.05) is 25.1 Å². The van der Waals surface area contributed by atoms with E-state index < -0.39 is 36.9 Å². The Morgan fingerprint density at radius 3 is 2.82 bits per heavy atom. The lowest BCUT2D eigenvalue weighted by Crippen LogP contribution is -2.67. The number of hydrogen-bond acceptors (Lipinski definition) is 7. The smallest absolute Gasteiger partial charge is 0.223 e. The van der Waals surface area contributed by atoms with Crippen molar-refractivity contribution >= 4 is 5.91 Å². The molecule has 4 rings (SSSR count). The number of carbonyl (C=O) groups is 1. The molecule has 0 spiro atoms. The first kappa shape index (κ1) is 18.9. The van der Waals surface area contributed by atoms with E-state index >= 15 is 0 Å². The van der Waals surface area contributed by atoms with Crippen LogP contribution in [-0.2, 0) is 19.0 Å². The fourth-order valence-electron chi connectivity index (χ4n) is 3.47. The van der Waals surface area contributed by atoms with Gasteiger partial charge in [-0.05, 0) is 36.8 Å². The van der Waals surface area contributed by atoms with Crippen LogP contribution in [0.4, 0.5) is 0 Å². The molecule has 28 heavy (non-hydrogen) atoms. The lowest BCUT2D eigenvalue weighted by Gasteiger charge is -2.47. The molecule has 2 fully saturated rings. The van der Waals surface area contributed by atoms with Crippen LogP contribution >= 0.6 is 0 Å². The maximum atomic E-state index is 11.7. The highest BCUT2D eigenvalue weighted by Gasteiger charge is 2.51. The van der Waals surface area contributed by atoms with Crippen molar-refractivity contribution in [2.75, 3.05) is 6.61 Å². The Bertz CT molecular complexity index is 809. The number of aliphatic hydroxyl groups is 1. The Hall–Kier alpha value is -2.39. The Morgan fingerprint density at radius 2 is 2.11 bits per heavy atom. The summed E-state index contributed by atoms with van der Waals surface area (Å²) in [7, 11) is 0. The highest BCUT2D eigenvalue weighted by molar-refractivity contribution is 5.73.